The molecule has 0 radical (unpaired) electrons. The predicted octanol–water partition coefficient (Wildman–Crippen LogP) is 7.00. The van der Waals surface area contributed by atoms with Crippen molar-refractivity contribution in [1.29, 1.82) is 0 Å². The van der Waals surface area contributed by atoms with Gasteiger partial charge in [0.2, 0.25) is 5.91 Å². The summed E-state index contributed by atoms with van der Waals surface area (Å²) in [4.78, 5) is 46.6. The molecule has 1 amide bonds. The third-order valence-electron chi connectivity index (χ3n) is 8.56. The van der Waals surface area contributed by atoms with Gasteiger partial charge in [-0.1, -0.05) is 107 Å². The largest absolute Gasteiger partial charge is 0.332 e. The SMILES string of the molecule is C=CC(=O)N1CC(F)(Cn2c(=O)c(=O)n(-c3c(C(C)C)cccc3C(C)C)c3nc(-c4cccc5ccccc45)c(Cl)cc32)C1. The number of amides is 1. The molecule has 6 rings (SSSR count). The van der Waals surface area contributed by atoms with Crippen LogP contribution in [0, 0.1) is 0 Å². The molecule has 2 aromatic heterocycles. The third kappa shape index (κ3) is 5.17. The number of alkyl halides is 1. The average Bonchev–Trinajstić information content (AvgIpc) is 3.01. The molecule has 0 N–H and O–H groups in total. The van der Waals surface area contributed by atoms with E-state index in [0.29, 0.717) is 11.4 Å². The smallest absolute Gasteiger partial charge is 0.322 e. The molecule has 0 aliphatic carbocycles. The zero-order valence-corrected chi connectivity index (χ0v) is 26.4. The van der Waals surface area contributed by atoms with Gasteiger partial charge in [0.15, 0.2) is 11.3 Å². The van der Waals surface area contributed by atoms with Gasteiger partial charge in [-0.25, -0.2) is 9.37 Å². The average molecular weight is 625 g/mol. The van der Waals surface area contributed by atoms with Gasteiger partial charge < -0.3 is 4.90 Å². The number of hydrogen-bond donors (Lipinski definition) is 0. The summed E-state index contributed by atoms with van der Waals surface area (Å²) >= 11 is 6.94. The van der Waals surface area contributed by atoms with Crippen molar-refractivity contribution < 1.29 is 9.18 Å². The minimum absolute atomic E-state index is 0.0189. The molecule has 5 aromatic rings. The number of carbonyl (C=O) groups is 1. The molecular weight excluding hydrogens is 591 g/mol. The summed E-state index contributed by atoms with van der Waals surface area (Å²) in [6.45, 7) is 10.7. The van der Waals surface area contributed by atoms with E-state index in [4.69, 9.17) is 16.6 Å². The van der Waals surface area contributed by atoms with Crippen LogP contribution in [0.1, 0.15) is 50.7 Å². The first-order valence-corrected chi connectivity index (χ1v) is 15.4. The first kappa shape index (κ1) is 30.5. The highest BCUT2D eigenvalue weighted by molar-refractivity contribution is 6.34. The maximum atomic E-state index is 16.0. The zero-order valence-electron chi connectivity index (χ0n) is 25.7. The van der Waals surface area contributed by atoms with Crippen molar-refractivity contribution in [2.24, 2.45) is 0 Å². The number of para-hydroxylation sites is 1. The lowest BCUT2D eigenvalue weighted by atomic mass is 9.92. The highest BCUT2D eigenvalue weighted by atomic mass is 35.5. The molecule has 7 nitrogen and oxygen atoms in total. The molecule has 45 heavy (non-hydrogen) atoms. The predicted molar refractivity (Wildman–Crippen MR) is 178 cm³/mol. The molecule has 0 bridgehead atoms. The Kier molecular flexibility index (Phi) is 7.73. The molecule has 1 saturated heterocycles. The van der Waals surface area contributed by atoms with Crippen LogP contribution in [-0.2, 0) is 11.3 Å². The Morgan fingerprint density at radius 3 is 2.24 bits per heavy atom. The van der Waals surface area contributed by atoms with Crippen LogP contribution in [0.25, 0.3) is 38.9 Å². The molecule has 3 aromatic carbocycles. The van der Waals surface area contributed by atoms with E-state index in [2.05, 4.69) is 6.58 Å². The Balaban J connectivity index is 1.69. The number of rotatable bonds is 7. The van der Waals surface area contributed by atoms with Crippen LogP contribution in [0.3, 0.4) is 0 Å². The lowest BCUT2D eigenvalue weighted by Gasteiger charge is -2.44. The Labute approximate surface area is 265 Å². The number of benzene rings is 3. The molecule has 1 aliphatic rings. The van der Waals surface area contributed by atoms with Crippen molar-refractivity contribution in [3.05, 3.63) is 116 Å². The van der Waals surface area contributed by atoms with Crippen LogP contribution in [-0.4, -0.2) is 43.7 Å². The number of pyridine rings is 1. The van der Waals surface area contributed by atoms with E-state index in [0.717, 1.165) is 38.1 Å². The van der Waals surface area contributed by atoms with Crippen LogP contribution < -0.4 is 11.1 Å². The van der Waals surface area contributed by atoms with E-state index >= 15 is 4.39 Å². The topological polar surface area (TPSA) is 77.2 Å². The summed E-state index contributed by atoms with van der Waals surface area (Å²) in [6.07, 6.45) is 1.12. The van der Waals surface area contributed by atoms with E-state index < -0.39 is 29.2 Å². The quantitative estimate of drug-likeness (QED) is 0.144. The van der Waals surface area contributed by atoms with Crippen molar-refractivity contribution in [3.63, 3.8) is 0 Å². The van der Waals surface area contributed by atoms with Crippen molar-refractivity contribution in [2.75, 3.05) is 13.1 Å². The van der Waals surface area contributed by atoms with Gasteiger partial charge in [0.25, 0.3) is 0 Å². The minimum Gasteiger partial charge on any atom is -0.332 e. The number of nitrogens with zero attached hydrogens (tertiary/aromatic N) is 4. The molecule has 0 saturated carbocycles. The van der Waals surface area contributed by atoms with E-state index in [1.807, 2.05) is 88.4 Å². The van der Waals surface area contributed by atoms with Gasteiger partial charge in [-0.2, -0.15) is 0 Å². The second-order valence-corrected chi connectivity index (χ2v) is 12.8. The summed E-state index contributed by atoms with van der Waals surface area (Å²) in [5.74, 6) is -0.359. The van der Waals surface area contributed by atoms with E-state index in [1.54, 1.807) is 6.07 Å². The number of hydrogen-bond acceptors (Lipinski definition) is 4. The van der Waals surface area contributed by atoms with Gasteiger partial charge >= 0.3 is 11.1 Å². The lowest BCUT2D eigenvalue weighted by Crippen LogP contribution is -2.63. The van der Waals surface area contributed by atoms with Crippen molar-refractivity contribution >= 4 is 39.4 Å². The fourth-order valence-electron chi connectivity index (χ4n) is 6.31. The normalized spacial score (nSPS) is 14.4. The van der Waals surface area contributed by atoms with Crippen molar-refractivity contribution in [3.8, 4) is 16.9 Å². The second-order valence-electron chi connectivity index (χ2n) is 12.4. The van der Waals surface area contributed by atoms with Crippen LogP contribution in [0.4, 0.5) is 4.39 Å². The summed E-state index contributed by atoms with van der Waals surface area (Å²) in [5.41, 5.74) is 0.336. The van der Waals surface area contributed by atoms with Crippen molar-refractivity contribution in [1.82, 2.24) is 19.0 Å². The molecule has 0 unspecified atom stereocenters. The maximum Gasteiger partial charge on any atom is 0.322 e. The Bertz CT molecular complexity index is 2090. The second kappa shape index (κ2) is 11.4. The number of fused-ring (bicyclic) bond motifs is 2. The zero-order chi connectivity index (χ0) is 32.2. The molecule has 3 heterocycles. The molecule has 0 spiro atoms. The van der Waals surface area contributed by atoms with Crippen LogP contribution in [0.2, 0.25) is 5.02 Å². The van der Waals surface area contributed by atoms with E-state index in [1.165, 1.54) is 9.47 Å². The summed E-state index contributed by atoms with van der Waals surface area (Å²) in [6, 6.07) is 21.1. The lowest BCUT2D eigenvalue weighted by molar-refractivity contribution is -0.141. The molecular formula is C36H34ClFN4O3. The van der Waals surface area contributed by atoms with Gasteiger partial charge in [-0.05, 0) is 45.9 Å². The van der Waals surface area contributed by atoms with Gasteiger partial charge in [-0.3, -0.25) is 23.5 Å². The third-order valence-corrected chi connectivity index (χ3v) is 8.85. The summed E-state index contributed by atoms with van der Waals surface area (Å²) in [5, 5.41) is 2.17. The maximum absolute atomic E-state index is 16.0. The first-order chi connectivity index (χ1) is 21.4. The van der Waals surface area contributed by atoms with Gasteiger partial charge in [-0.15, -0.1) is 0 Å². The highest BCUT2D eigenvalue weighted by Crippen LogP contribution is 2.37. The molecule has 1 fully saturated rings. The Morgan fingerprint density at radius 2 is 1.60 bits per heavy atom. The van der Waals surface area contributed by atoms with E-state index in [-0.39, 0.29) is 41.1 Å². The highest BCUT2D eigenvalue weighted by Gasteiger charge is 2.46. The summed E-state index contributed by atoms with van der Waals surface area (Å²) in [7, 11) is 0. The fraction of sp³-hybridized carbons (Fsp3) is 0.278. The van der Waals surface area contributed by atoms with Crippen LogP contribution >= 0.6 is 11.6 Å². The molecule has 1 aliphatic heterocycles. The molecule has 230 valence electrons. The Morgan fingerprint density at radius 1 is 0.978 bits per heavy atom. The monoisotopic (exact) mass is 624 g/mol. The number of carbonyl (C=O) groups excluding carboxylic acids is 1. The molecule has 0 atom stereocenters. The van der Waals surface area contributed by atoms with Gasteiger partial charge in [0.05, 0.1) is 41.6 Å². The summed E-state index contributed by atoms with van der Waals surface area (Å²) < 4.78 is 18.5. The van der Waals surface area contributed by atoms with Crippen LogP contribution in [0.15, 0.2) is 89.0 Å². The van der Waals surface area contributed by atoms with Gasteiger partial charge in [0, 0.05) is 5.56 Å². The van der Waals surface area contributed by atoms with E-state index in [9.17, 15) is 14.4 Å². The van der Waals surface area contributed by atoms with Crippen molar-refractivity contribution in [2.45, 2.75) is 51.7 Å². The number of halogens is 2. The van der Waals surface area contributed by atoms with Gasteiger partial charge in [0.1, 0.15) is 0 Å². The van der Waals surface area contributed by atoms with Crippen LogP contribution in [0.5, 0.6) is 0 Å². The number of aromatic nitrogens is 3. The standard InChI is InChI=1S/C36H34ClFN4O3/c1-6-30(43)40-18-36(38,19-40)20-41-29-17-28(37)31(27-16-9-12-23-11-7-8-13-26(23)27)39-33(29)42(35(45)34(41)44)32-24(21(2)3)14-10-15-25(32)22(4)5/h6-17,21-22H,1,18-20H2,2-5H3. The molecule has 9 heteroatoms. The Hall–Kier alpha value is -4.56. The first-order valence-electron chi connectivity index (χ1n) is 15.0. The number of likely N-dealkylation sites (tertiary alicyclic amines) is 1. The fourth-order valence-corrected chi connectivity index (χ4v) is 6.56. The minimum atomic E-state index is -1.92.